The van der Waals surface area contributed by atoms with E-state index >= 15 is 0 Å². The number of hydrogen-bond acceptors (Lipinski definition) is 3. The Kier molecular flexibility index (Phi) is 8.23. The zero-order valence-electron chi connectivity index (χ0n) is 15.2. The summed E-state index contributed by atoms with van der Waals surface area (Å²) in [6.07, 6.45) is 4.39. The van der Waals surface area contributed by atoms with Gasteiger partial charge in [0.1, 0.15) is 0 Å². The van der Waals surface area contributed by atoms with Crippen LogP contribution in [-0.4, -0.2) is 35.1 Å². The van der Waals surface area contributed by atoms with Crippen molar-refractivity contribution < 1.29 is 9.53 Å². The lowest BCUT2D eigenvalue weighted by atomic mass is 9.95. The van der Waals surface area contributed by atoms with Crippen molar-refractivity contribution in [3.63, 3.8) is 0 Å². The number of carbonyl (C=O) groups is 1. The number of carbonyl (C=O) groups excluding carboxylic acids is 1. The second kappa shape index (κ2) is 8.57. The molecule has 3 heteroatoms. The van der Waals surface area contributed by atoms with Crippen molar-refractivity contribution in [1.29, 1.82) is 0 Å². The molecule has 0 heterocycles. The van der Waals surface area contributed by atoms with Crippen LogP contribution in [0.1, 0.15) is 74.1 Å². The van der Waals surface area contributed by atoms with Crippen molar-refractivity contribution in [3.05, 3.63) is 12.2 Å². The molecule has 0 bridgehead atoms. The van der Waals surface area contributed by atoms with Crippen molar-refractivity contribution in [2.24, 2.45) is 0 Å². The zero-order chi connectivity index (χ0) is 16.7. The highest BCUT2D eigenvalue weighted by molar-refractivity contribution is 5.86. The third-order valence-corrected chi connectivity index (χ3v) is 3.48. The fourth-order valence-electron chi connectivity index (χ4n) is 2.69. The molecule has 0 aromatic rings. The maximum Gasteiger partial charge on any atom is 0.333 e. The van der Waals surface area contributed by atoms with Crippen LogP contribution in [0.2, 0.25) is 0 Å². The van der Waals surface area contributed by atoms with Crippen LogP contribution in [0, 0.1) is 0 Å². The smallest absolute Gasteiger partial charge is 0.333 e. The molecule has 0 aromatic heterocycles. The van der Waals surface area contributed by atoms with Crippen LogP contribution in [0.25, 0.3) is 0 Å². The number of ether oxygens (including phenoxy) is 1. The maximum absolute atomic E-state index is 11.2. The minimum absolute atomic E-state index is 0.190. The van der Waals surface area contributed by atoms with Gasteiger partial charge < -0.3 is 4.74 Å². The van der Waals surface area contributed by atoms with E-state index in [1.54, 1.807) is 6.92 Å². The Bertz CT molecular complexity index is 320. The Balaban J connectivity index is 3.88. The van der Waals surface area contributed by atoms with Gasteiger partial charge >= 0.3 is 5.97 Å². The lowest BCUT2D eigenvalue weighted by molar-refractivity contribution is -0.139. The van der Waals surface area contributed by atoms with Gasteiger partial charge in [-0.25, -0.2) is 4.79 Å². The monoisotopic (exact) mass is 297 g/mol. The molecule has 3 nitrogen and oxygen atoms in total. The minimum atomic E-state index is -0.276. The fourth-order valence-corrected chi connectivity index (χ4v) is 2.69. The molecular formula is C18H35NO2. The number of unbranched alkanes of at least 4 members (excludes halogenated alkanes) is 3. The Morgan fingerprint density at radius 3 is 1.86 bits per heavy atom. The summed E-state index contributed by atoms with van der Waals surface area (Å²) in [6.45, 7) is 20.5. The van der Waals surface area contributed by atoms with Crippen LogP contribution in [0.3, 0.4) is 0 Å². The molecule has 0 spiro atoms. The molecule has 0 rings (SSSR count). The minimum Gasteiger partial charge on any atom is -0.462 e. The first-order valence-corrected chi connectivity index (χ1v) is 8.06. The average Bonchev–Trinajstić information content (AvgIpc) is 2.28. The quantitative estimate of drug-likeness (QED) is 0.373. The second-order valence-electron chi connectivity index (χ2n) is 7.82. The Morgan fingerprint density at radius 1 is 0.952 bits per heavy atom. The molecule has 0 N–H and O–H groups in total. The van der Waals surface area contributed by atoms with Gasteiger partial charge in [-0.05, 0) is 67.9 Å². The van der Waals surface area contributed by atoms with Crippen molar-refractivity contribution in [2.75, 3.05) is 13.2 Å². The molecular weight excluding hydrogens is 262 g/mol. The number of rotatable bonds is 8. The fraction of sp³-hybridized carbons (Fsp3) is 0.833. The van der Waals surface area contributed by atoms with Crippen LogP contribution in [0.5, 0.6) is 0 Å². The Morgan fingerprint density at radius 2 is 1.43 bits per heavy atom. The second-order valence-corrected chi connectivity index (χ2v) is 7.82. The van der Waals surface area contributed by atoms with E-state index in [0.29, 0.717) is 12.2 Å². The molecule has 0 amide bonds. The molecule has 0 aliphatic heterocycles. The van der Waals surface area contributed by atoms with E-state index in [4.69, 9.17) is 4.74 Å². The molecule has 0 saturated heterocycles. The number of hydrogen-bond donors (Lipinski definition) is 0. The molecule has 0 radical (unpaired) electrons. The summed E-state index contributed by atoms with van der Waals surface area (Å²) in [7, 11) is 0. The highest BCUT2D eigenvalue weighted by Gasteiger charge is 2.30. The first kappa shape index (κ1) is 20.2. The summed E-state index contributed by atoms with van der Waals surface area (Å²) < 4.78 is 5.09. The van der Waals surface area contributed by atoms with Crippen molar-refractivity contribution >= 4 is 5.97 Å². The Hall–Kier alpha value is -0.830. The van der Waals surface area contributed by atoms with Gasteiger partial charge in [-0.2, -0.15) is 0 Å². The average molecular weight is 297 g/mol. The summed E-state index contributed by atoms with van der Waals surface area (Å²) in [5.74, 6) is -0.276. The molecule has 0 unspecified atom stereocenters. The van der Waals surface area contributed by atoms with Gasteiger partial charge in [-0.15, -0.1) is 0 Å². The van der Waals surface area contributed by atoms with Crippen LogP contribution in [0.15, 0.2) is 12.2 Å². The van der Waals surface area contributed by atoms with Gasteiger partial charge in [-0.3, -0.25) is 4.90 Å². The largest absolute Gasteiger partial charge is 0.462 e. The summed E-state index contributed by atoms with van der Waals surface area (Å²) in [5, 5.41) is 0. The third kappa shape index (κ3) is 8.92. The molecule has 0 aliphatic rings. The van der Waals surface area contributed by atoms with Crippen molar-refractivity contribution in [1.82, 2.24) is 4.90 Å². The topological polar surface area (TPSA) is 29.5 Å². The van der Waals surface area contributed by atoms with Crippen LogP contribution in [0.4, 0.5) is 0 Å². The highest BCUT2D eigenvalue weighted by Crippen LogP contribution is 2.25. The highest BCUT2D eigenvalue weighted by atomic mass is 16.5. The molecule has 21 heavy (non-hydrogen) atoms. The van der Waals surface area contributed by atoms with E-state index in [2.05, 4.69) is 53.0 Å². The lowest BCUT2D eigenvalue weighted by Gasteiger charge is -2.45. The van der Waals surface area contributed by atoms with Gasteiger partial charge in [0, 0.05) is 16.7 Å². The molecule has 0 saturated carbocycles. The first-order valence-electron chi connectivity index (χ1n) is 8.06. The van der Waals surface area contributed by atoms with E-state index in [9.17, 15) is 4.79 Å². The van der Waals surface area contributed by atoms with E-state index in [1.165, 1.54) is 12.8 Å². The Labute approximate surface area is 131 Å². The molecule has 0 atom stereocenters. The van der Waals surface area contributed by atoms with Crippen LogP contribution in [-0.2, 0) is 9.53 Å². The summed E-state index contributed by atoms with van der Waals surface area (Å²) in [5.41, 5.74) is 0.853. The van der Waals surface area contributed by atoms with Gasteiger partial charge in [0.05, 0.1) is 6.61 Å². The lowest BCUT2D eigenvalue weighted by Crippen LogP contribution is -2.52. The van der Waals surface area contributed by atoms with Crippen molar-refractivity contribution in [3.8, 4) is 0 Å². The first-order chi connectivity index (χ1) is 9.46. The third-order valence-electron chi connectivity index (χ3n) is 3.48. The van der Waals surface area contributed by atoms with E-state index in [-0.39, 0.29) is 17.0 Å². The zero-order valence-corrected chi connectivity index (χ0v) is 15.2. The molecule has 0 aliphatic carbocycles. The maximum atomic E-state index is 11.2. The summed E-state index contributed by atoms with van der Waals surface area (Å²) >= 11 is 0. The van der Waals surface area contributed by atoms with Crippen molar-refractivity contribution in [2.45, 2.75) is 85.2 Å². The summed E-state index contributed by atoms with van der Waals surface area (Å²) in [4.78, 5) is 13.8. The predicted molar refractivity (Wildman–Crippen MR) is 90.5 cm³/mol. The van der Waals surface area contributed by atoms with E-state index in [1.807, 2.05) is 0 Å². The van der Waals surface area contributed by atoms with E-state index < -0.39 is 0 Å². The SMILES string of the molecule is C=C(C)C(=O)OCCCCCCN(C(C)(C)C)C(C)(C)C. The van der Waals surface area contributed by atoms with Gasteiger partial charge in [0.2, 0.25) is 0 Å². The van der Waals surface area contributed by atoms with E-state index in [0.717, 1.165) is 19.4 Å². The summed E-state index contributed by atoms with van der Waals surface area (Å²) in [6, 6.07) is 0. The predicted octanol–water partition coefficient (Wildman–Crippen LogP) is 4.57. The van der Waals surface area contributed by atoms with Gasteiger partial charge in [0.25, 0.3) is 0 Å². The van der Waals surface area contributed by atoms with Gasteiger partial charge in [-0.1, -0.05) is 19.4 Å². The molecule has 0 fully saturated rings. The standard InChI is InChI=1S/C18H35NO2/c1-15(2)16(20)21-14-12-10-9-11-13-19(17(3,4)5)18(6,7)8/h1,9-14H2,2-8H3. The number of esters is 1. The van der Waals surface area contributed by atoms with Gasteiger partial charge in [0.15, 0.2) is 0 Å². The number of nitrogens with zero attached hydrogens (tertiary/aromatic N) is 1. The molecule has 124 valence electrons. The molecule has 0 aromatic carbocycles. The van der Waals surface area contributed by atoms with Crippen LogP contribution >= 0.6 is 0 Å². The van der Waals surface area contributed by atoms with Crippen LogP contribution < -0.4 is 0 Å². The normalized spacial score (nSPS) is 12.6.